The Balaban J connectivity index is 2.58. The highest BCUT2D eigenvalue weighted by Crippen LogP contribution is 2.39. The van der Waals surface area contributed by atoms with Gasteiger partial charge in [-0.15, -0.1) is 0 Å². The molecule has 1 saturated carbocycles. The van der Waals surface area contributed by atoms with Gasteiger partial charge in [0, 0.05) is 0 Å². The topological polar surface area (TPSA) is 102 Å². The number of carbonyl (C=O) groups excluding carboxylic acids is 2. The average molecular weight is 278 g/mol. The van der Waals surface area contributed by atoms with Crippen molar-refractivity contribution in [2.24, 2.45) is 0 Å². The number of amides is 2. The van der Waals surface area contributed by atoms with Crippen molar-refractivity contribution in [3.05, 3.63) is 0 Å². The summed E-state index contributed by atoms with van der Waals surface area (Å²) in [5.41, 5.74) is -0.690. The van der Waals surface area contributed by atoms with Gasteiger partial charge in [0.2, 0.25) is 6.41 Å². The van der Waals surface area contributed by atoms with Gasteiger partial charge in [-0.25, -0.2) is 8.91 Å². The lowest BCUT2D eigenvalue weighted by molar-refractivity contribution is -0.124. The summed E-state index contributed by atoms with van der Waals surface area (Å²) in [6.45, 7) is 3.48. The fraction of sp³-hybridized carbons (Fsp3) is 0.800. The Bertz CT molecular complexity index is 416. The van der Waals surface area contributed by atoms with Crippen molar-refractivity contribution in [1.29, 1.82) is 0 Å². The van der Waals surface area contributed by atoms with Crippen molar-refractivity contribution in [2.45, 2.75) is 51.2 Å². The molecule has 0 aromatic rings. The molecule has 0 aromatic carbocycles. The minimum Gasteiger partial charge on any atom is -0.347 e. The molecule has 1 atom stereocenters. The highest BCUT2D eigenvalue weighted by Gasteiger charge is 2.43. The van der Waals surface area contributed by atoms with Crippen LogP contribution in [0.3, 0.4) is 0 Å². The zero-order valence-electron chi connectivity index (χ0n) is 10.4. The molecule has 0 heterocycles. The van der Waals surface area contributed by atoms with E-state index < -0.39 is 27.9 Å². The molecule has 0 aliphatic heterocycles. The minimum absolute atomic E-state index is 0.358. The van der Waals surface area contributed by atoms with E-state index in [0.29, 0.717) is 32.1 Å². The van der Waals surface area contributed by atoms with E-state index in [4.69, 9.17) is 4.18 Å². The molecule has 0 aromatic heterocycles. The van der Waals surface area contributed by atoms with Crippen LogP contribution in [0, 0.1) is 0 Å². The van der Waals surface area contributed by atoms with Gasteiger partial charge >= 0.3 is 10.3 Å². The van der Waals surface area contributed by atoms with Gasteiger partial charge in [-0.2, -0.15) is 8.42 Å². The first-order chi connectivity index (χ1) is 8.32. The predicted molar refractivity (Wildman–Crippen MR) is 63.7 cm³/mol. The lowest BCUT2D eigenvalue weighted by atomic mass is 10.1. The fourth-order valence-electron chi connectivity index (χ4n) is 1.40. The summed E-state index contributed by atoms with van der Waals surface area (Å²) in [5.74, 6) is -0.784. The highest BCUT2D eigenvalue weighted by molar-refractivity contribution is 7.85. The molecule has 0 bridgehead atoms. The van der Waals surface area contributed by atoms with E-state index >= 15 is 0 Å². The maximum atomic E-state index is 11.7. The van der Waals surface area contributed by atoms with Gasteiger partial charge in [0.15, 0.2) is 0 Å². The van der Waals surface area contributed by atoms with E-state index in [2.05, 4.69) is 5.32 Å². The first-order valence-electron chi connectivity index (χ1n) is 5.79. The molecule has 104 valence electrons. The molecule has 0 radical (unpaired) electrons. The van der Waals surface area contributed by atoms with Crippen molar-refractivity contribution in [3.8, 4) is 0 Å². The zero-order valence-corrected chi connectivity index (χ0v) is 11.2. The van der Waals surface area contributed by atoms with Crippen LogP contribution in [0.4, 0.5) is 0 Å². The molecule has 0 spiro atoms. The Labute approximate surface area is 107 Å². The monoisotopic (exact) mass is 278 g/mol. The number of nitrogens with one attached hydrogen (secondary N) is 2. The van der Waals surface area contributed by atoms with Gasteiger partial charge in [0.05, 0.1) is 5.60 Å². The van der Waals surface area contributed by atoms with Crippen LogP contribution in [0.15, 0.2) is 0 Å². The van der Waals surface area contributed by atoms with Crippen molar-refractivity contribution in [2.75, 3.05) is 0 Å². The Hall–Kier alpha value is -1.15. The molecular formula is C10H18N2O5S. The van der Waals surface area contributed by atoms with E-state index in [1.807, 2.05) is 11.6 Å². The van der Waals surface area contributed by atoms with Crippen LogP contribution in [-0.4, -0.2) is 32.4 Å². The van der Waals surface area contributed by atoms with Crippen LogP contribution in [0.1, 0.15) is 39.5 Å². The average Bonchev–Trinajstić information content (AvgIpc) is 2.93. The van der Waals surface area contributed by atoms with Crippen molar-refractivity contribution in [1.82, 2.24) is 10.0 Å². The minimum atomic E-state index is -4.11. The summed E-state index contributed by atoms with van der Waals surface area (Å²) in [5, 5.41) is 2.27. The quantitative estimate of drug-likeness (QED) is 0.600. The second kappa shape index (κ2) is 5.66. The van der Waals surface area contributed by atoms with Gasteiger partial charge in [0.25, 0.3) is 5.91 Å². The summed E-state index contributed by atoms with van der Waals surface area (Å²) in [7, 11) is -4.11. The molecule has 1 fully saturated rings. The molecule has 1 aliphatic rings. The van der Waals surface area contributed by atoms with Crippen LogP contribution in [0.5, 0.6) is 0 Å². The summed E-state index contributed by atoms with van der Waals surface area (Å²) in [6, 6.07) is -0.863. The van der Waals surface area contributed by atoms with E-state index in [9.17, 15) is 18.0 Å². The number of carbonyl (C=O) groups is 2. The summed E-state index contributed by atoms with van der Waals surface area (Å²) in [4.78, 5) is 22.0. The molecule has 2 N–H and O–H groups in total. The van der Waals surface area contributed by atoms with E-state index in [0.717, 1.165) is 0 Å². The summed E-state index contributed by atoms with van der Waals surface area (Å²) in [6.07, 6.45) is 2.66. The molecule has 1 rings (SSSR count). The van der Waals surface area contributed by atoms with Gasteiger partial charge < -0.3 is 5.32 Å². The van der Waals surface area contributed by atoms with Crippen molar-refractivity contribution < 1.29 is 22.2 Å². The zero-order chi connectivity index (χ0) is 13.8. The second-order valence-corrected chi connectivity index (χ2v) is 5.86. The van der Waals surface area contributed by atoms with Crippen LogP contribution < -0.4 is 10.0 Å². The first-order valence-corrected chi connectivity index (χ1v) is 7.19. The van der Waals surface area contributed by atoms with Crippen LogP contribution >= 0.6 is 0 Å². The van der Waals surface area contributed by atoms with Crippen LogP contribution in [0.25, 0.3) is 0 Å². The third-order valence-corrected chi connectivity index (χ3v) is 3.73. The fourth-order valence-corrected chi connectivity index (χ4v) is 2.53. The largest absolute Gasteiger partial charge is 0.362 e. The lowest BCUT2D eigenvalue weighted by Gasteiger charge is -2.16. The normalized spacial score (nSPS) is 18.8. The lowest BCUT2D eigenvalue weighted by Crippen LogP contribution is -2.46. The Kier molecular flexibility index (Phi) is 4.69. The predicted octanol–water partition coefficient (Wildman–Crippen LogP) is -0.169. The third kappa shape index (κ3) is 4.61. The number of hydrogen-bond donors (Lipinski definition) is 2. The molecule has 0 saturated heterocycles. The van der Waals surface area contributed by atoms with Crippen LogP contribution in [0.2, 0.25) is 0 Å². The number of hydrogen-bond acceptors (Lipinski definition) is 5. The van der Waals surface area contributed by atoms with Gasteiger partial charge in [-0.1, -0.05) is 13.3 Å². The third-order valence-electron chi connectivity index (χ3n) is 2.65. The Morgan fingerprint density at radius 2 is 2.11 bits per heavy atom. The molecule has 1 unspecified atom stereocenters. The second-order valence-electron chi connectivity index (χ2n) is 4.58. The molecule has 7 nitrogen and oxygen atoms in total. The Morgan fingerprint density at radius 3 is 2.56 bits per heavy atom. The van der Waals surface area contributed by atoms with Gasteiger partial charge in [0.1, 0.15) is 6.04 Å². The van der Waals surface area contributed by atoms with Crippen LogP contribution in [-0.2, 0) is 24.1 Å². The standard InChI is InChI=1S/C10H18N2O5S/c1-3-4-8(11-7-13)9(14)12-18(15,16)17-10(2)5-6-10/h7-8H,3-6H2,1-2H3,(H,11,13)(H,12,14). The highest BCUT2D eigenvalue weighted by atomic mass is 32.2. The summed E-state index contributed by atoms with van der Waals surface area (Å²) < 4.78 is 29.7. The van der Waals surface area contributed by atoms with Crippen molar-refractivity contribution >= 4 is 22.6 Å². The number of rotatable bonds is 8. The van der Waals surface area contributed by atoms with Crippen molar-refractivity contribution in [3.63, 3.8) is 0 Å². The van der Waals surface area contributed by atoms with E-state index in [-0.39, 0.29) is 0 Å². The SMILES string of the molecule is CCCC(NC=O)C(=O)NS(=O)(=O)OC1(C)CC1. The molecule has 8 heteroatoms. The maximum absolute atomic E-state index is 11.7. The Morgan fingerprint density at radius 1 is 1.50 bits per heavy atom. The first kappa shape index (κ1) is 14.9. The molecule has 18 heavy (non-hydrogen) atoms. The van der Waals surface area contributed by atoms with E-state index in [1.54, 1.807) is 6.92 Å². The van der Waals surface area contributed by atoms with Gasteiger partial charge in [-0.3, -0.25) is 9.59 Å². The molecule has 2 amide bonds. The maximum Gasteiger partial charge on any atom is 0.362 e. The smallest absolute Gasteiger partial charge is 0.347 e. The summed E-state index contributed by atoms with van der Waals surface area (Å²) >= 11 is 0. The molecule has 1 aliphatic carbocycles. The molecular weight excluding hydrogens is 260 g/mol. The van der Waals surface area contributed by atoms with E-state index in [1.165, 1.54) is 0 Å². The van der Waals surface area contributed by atoms with Gasteiger partial charge in [-0.05, 0) is 26.2 Å².